The third-order valence-electron chi connectivity index (χ3n) is 3.87. The van der Waals surface area contributed by atoms with Crippen LogP contribution < -0.4 is 11.1 Å². The molecule has 0 saturated heterocycles. The Bertz CT molecular complexity index is 585. The van der Waals surface area contributed by atoms with E-state index in [9.17, 15) is 14.4 Å². The van der Waals surface area contributed by atoms with Gasteiger partial charge in [-0.1, -0.05) is 38.5 Å². The summed E-state index contributed by atoms with van der Waals surface area (Å²) in [5, 5.41) is 2.57. The van der Waals surface area contributed by atoms with Crippen molar-refractivity contribution in [2.24, 2.45) is 11.7 Å². The van der Waals surface area contributed by atoms with E-state index >= 15 is 0 Å². The van der Waals surface area contributed by atoms with Crippen molar-refractivity contribution in [3.05, 3.63) is 29.8 Å². The molecule has 0 saturated carbocycles. The number of hydrogen-bond acceptors (Lipinski definition) is 3. The molecule has 1 aromatic rings. The van der Waals surface area contributed by atoms with Crippen molar-refractivity contribution in [1.29, 1.82) is 0 Å². The third-order valence-corrected chi connectivity index (χ3v) is 3.87. The van der Waals surface area contributed by atoms with E-state index in [1.165, 1.54) is 4.90 Å². The number of amides is 3. The Morgan fingerprint density at radius 2 is 2.05 bits per heavy atom. The molecule has 112 valence electrons. The highest BCUT2D eigenvalue weighted by Crippen LogP contribution is 2.25. The van der Waals surface area contributed by atoms with Crippen molar-refractivity contribution in [3.8, 4) is 0 Å². The quantitative estimate of drug-likeness (QED) is 0.805. The van der Waals surface area contributed by atoms with Gasteiger partial charge in [-0.15, -0.1) is 0 Å². The van der Waals surface area contributed by atoms with Crippen molar-refractivity contribution in [1.82, 2.24) is 4.90 Å². The van der Waals surface area contributed by atoms with Crippen LogP contribution in [0.1, 0.15) is 25.8 Å². The van der Waals surface area contributed by atoms with Crippen molar-refractivity contribution in [2.75, 3.05) is 5.32 Å². The number of rotatable bonds is 4. The van der Waals surface area contributed by atoms with Crippen LogP contribution in [0.4, 0.5) is 5.69 Å². The molecule has 0 aliphatic carbocycles. The predicted molar refractivity (Wildman–Crippen MR) is 78.1 cm³/mol. The second-order valence-corrected chi connectivity index (χ2v) is 5.28. The lowest BCUT2D eigenvalue weighted by atomic mass is 9.96. The van der Waals surface area contributed by atoms with Crippen LogP contribution in [0.5, 0.6) is 0 Å². The van der Waals surface area contributed by atoms with Crippen LogP contribution in [0, 0.1) is 5.92 Å². The van der Waals surface area contributed by atoms with E-state index in [1.807, 2.05) is 26.0 Å². The van der Waals surface area contributed by atoms with Crippen molar-refractivity contribution in [3.63, 3.8) is 0 Å². The van der Waals surface area contributed by atoms with E-state index < -0.39 is 23.8 Å². The van der Waals surface area contributed by atoms with Crippen molar-refractivity contribution < 1.29 is 14.4 Å². The van der Waals surface area contributed by atoms with E-state index in [0.717, 1.165) is 5.56 Å². The summed E-state index contributed by atoms with van der Waals surface area (Å²) in [4.78, 5) is 37.3. The monoisotopic (exact) mass is 289 g/mol. The number of nitrogens with zero attached hydrogens (tertiary/aromatic N) is 1. The van der Waals surface area contributed by atoms with Crippen LogP contribution in [0.15, 0.2) is 24.3 Å². The molecule has 0 spiro atoms. The number of fused-ring (bicyclic) bond motifs is 1. The molecule has 1 aliphatic rings. The molecule has 0 bridgehead atoms. The summed E-state index contributed by atoms with van der Waals surface area (Å²) < 4.78 is 0. The van der Waals surface area contributed by atoms with Gasteiger partial charge in [-0.05, 0) is 17.5 Å². The van der Waals surface area contributed by atoms with Crippen LogP contribution in [0.3, 0.4) is 0 Å². The lowest BCUT2D eigenvalue weighted by Crippen LogP contribution is -2.52. The zero-order valence-electron chi connectivity index (χ0n) is 12.1. The molecule has 0 radical (unpaired) electrons. The van der Waals surface area contributed by atoms with Gasteiger partial charge in [0.15, 0.2) is 0 Å². The number of hydrogen-bond donors (Lipinski definition) is 2. The molecule has 21 heavy (non-hydrogen) atoms. The molecular formula is C15H19N3O3. The predicted octanol–water partition coefficient (Wildman–Crippen LogP) is 0.867. The van der Waals surface area contributed by atoms with Gasteiger partial charge in [-0.2, -0.15) is 0 Å². The highest BCUT2D eigenvalue weighted by Gasteiger charge is 2.37. The smallest absolute Gasteiger partial charge is 0.313 e. The normalized spacial score (nSPS) is 17.5. The maximum Gasteiger partial charge on any atom is 0.313 e. The standard InChI is InChI=1S/C15H19N3O3/c1-3-9(2)12(13(16)19)18-8-10-6-4-5-7-11(10)17-14(20)15(18)21/h4-7,9,12H,3,8H2,1-2H3,(H2,16,19)(H,17,20)/t9?,12-/m0/s1. The average molecular weight is 289 g/mol. The first-order valence-electron chi connectivity index (χ1n) is 6.94. The molecule has 2 atom stereocenters. The fourth-order valence-corrected chi connectivity index (χ4v) is 2.53. The largest absolute Gasteiger partial charge is 0.368 e. The second-order valence-electron chi connectivity index (χ2n) is 5.28. The fraction of sp³-hybridized carbons (Fsp3) is 0.400. The van der Waals surface area contributed by atoms with Gasteiger partial charge >= 0.3 is 11.8 Å². The second kappa shape index (κ2) is 5.95. The first-order valence-corrected chi connectivity index (χ1v) is 6.94. The molecule has 2 rings (SSSR count). The van der Waals surface area contributed by atoms with Gasteiger partial charge in [-0.25, -0.2) is 0 Å². The topological polar surface area (TPSA) is 92.5 Å². The maximum absolute atomic E-state index is 12.3. The number of nitrogens with one attached hydrogen (secondary N) is 1. The Hall–Kier alpha value is -2.37. The zero-order valence-corrected chi connectivity index (χ0v) is 12.1. The summed E-state index contributed by atoms with van der Waals surface area (Å²) in [6, 6.07) is 6.35. The number of primary amides is 1. The van der Waals surface area contributed by atoms with Gasteiger partial charge in [0.05, 0.1) is 0 Å². The average Bonchev–Trinajstić information content (AvgIpc) is 2.57. The van der Waals surface area contributed by atoms with E-state index in [0.29, 0.717) is 12.1 Å². The van der Waals surface area contributed by atoms with E-state index in [4.69, 9.17) is 5.73 Å². The summed E-state index contributed by atoms with van der Waals surface area (Å²) >= 11 is 0. The van der Waals surface area contributed by atoms with E-state index in [1.54, 1.807) is 12.1 Å². The Balaban J connectivity index is 2.43. The summed E-state index contributed by atoms with van der Waals surface area (Å²) in [6.07, 6.45) is 0.681. The number of anilines is 1. The summed E-state index contributed by atoms with van der Waals surface area (Å²) in [5.41, 5.74) is 6.83. The Morgan fingerprint density at radius 3 is 2.67 bits per heavy atom. The van der Waals surface area contributed by atoms with Gasteiger partial charge in [0.1, 0.15) is 6.04 Å². The highest BCUT2D eigenvalue weighted by atomic mass is 16.2. The lowest BCUT2D eigenvalue weighted by molar-refractivity contribution is -0.148. The Labute approximate surface area is 123 Å². The van der Waals surface area contributed by atoms with E-state index in [-0.39, 0.29) is 12.5 Å². The van der Waals surface area contributed by atoms with Crippen LogP contribution >= 0.6 is 0 Å². The number of benzene rings is 1. The number of nitrogens with two attached hydrogens (primary N) is 1. The molecule has 6 heteroatoms. The van der Waals surface area contributed by atoms with Crippen molar-refractivity contribution >= 4 is 23.4 Å². The molecule has 3 amide bonds. The van der Waals surface area contributed by atoms with Gasteiger partial charge in [0, 0.05) is 12.2 Å². The Morgan fingerprint density at radius 1 is 1.38 bits per heavy atom. The van der Waals surface area contributed by atoms with Crippen molar-refractivity contribution in [2.45, 2.75) is 32.9 Å². The minimum Gasteiger partial charge on any atom is -0.368 e. The van der Waals surface area contributed by atoms with Crippen LogP contribution in [-0.2, 0) is 20.9 Å². The highest BCUT2D eigenvalue weighted by molar-refractivity contribution is 6.40. The SMILES string of the molecule is CCC(C)[C@@H](C(N)=O)N1Cc2ccccc2NC(=O)C1=O. The van der Waals surface area contributed by atoms with Crippen LogP contribution in [0.2, 0.25) is 0 Å². The lowest BCUT2D eigenvalue weighted by Gasteiger charge is -2.31. The summed E-state index contributed by atoms with van der Waals surface area (Å²) in [6.45, 7) is 3.94. The summed E-state index contributed by atoms with van der Waals surface area (Å²) in [5.74, 6) is -2.18. The van der Waals surface area contributed by atoms with Crippen LogP contribution in [0.25, 0.3) is 0 Å². The molecule has 3 N–H and O–H groups in total. The zero-order chi connectivity index (χ0) is 15.6. The number of para-hydroxylation sites is 1. The number of carbonyl (C=O) groups excluding carboxylic acids is 3. The molecule has 1 unspecified atom stereocenters. The number of carbonyl (C=O) groups is 3. The van der Waals surface area contributed by atoms with Gasteiger partial charge in [0.25, 0.3) is 0 Å². The summed E-state index contributed by atoms with van der Waals surface area (Å²) in [7, 11) is 0. The molecule has 0 aromatic heterocycles. The van der Waals surface area contributed by atoms with Gasteiger partial charge in [-0.3, -0.25) is 14.4 Å². The minimum atomic E-state index is -0.792. The first-order chi connectivity index (χ1) is 9.95. The molecule has 0 fully saturated rings. The fourth-order valence-electron chi connectivity index (χ4n) is 2.53. The first kappa shape index (κ1) is 15.0. The maximum atomic E-state index is 12.3. The minimum absolute atomic E-state index is 0.121. The van der Waals surface area contributed by atoms with Gasteiger partial charge in [0.2, 0.25) is 5.91 Å². The van der Waals surface area contributed by atoms with Crippen LogP contribution in [-0.4, -0.2) is 28.7 Å². The Kier molecular flexibility index (Phi) is 4.26. The third kappa shape index (κ3) is 2.89. The molecule has 1 aliphatic heterocycles. The molecule has 6 nitrogen and oxygen atoms in total. The molecule has 1 heterocycles. The van der Waals surface area contributed by atoms with Gasteiger partial charge < -0.3 is 16.0 Å². The molecule has 1 aromatic carbocycles. The van der Waals surface area contributed by atoms with E-state index in [2.05, 4.69) is 5.32 Å². The molecular weight excluding hydrogens is 270 g/mol.